The zero-order valence-electron chi connectivity index (χ0n) is 14.0. The highest BCUT2D eigenvalue weighted by atomic mass is 16.2. The van der Waals surface area contributed by atoms with Gasteiger partial charge in [-0.05, 0) is 62.4 Å². The number of anilines is 1. The molecule has 2 amide bonds. The van der Waals surface area contributed by atoms with Crippen LogP contribution in [-0.2, 0) is 0 Å². The topological polar surface area (TPSA) is 90.0 Å². The summed E-state index contributed by atoms with van der Waals surface area (Å²) in [4.78, 5) is 23.6. The molecule has 0 aliphatic carbocycles. The van der Waals surface area contributed by atoms with Crippen molar-refractivity contribution in [3.63, 3.8) is 0 Å². The highest BCUT2D eigenvalue weighted by Gasteiger charge is 2.09. The molecule has 2 aromatic carbocycles. The average Bonchev–Trinajstić information content (AvgIpc) is 2.93. The van der Waals surface area contributed by atoms with E-state index < -0.39 is 5.91 Å². The molecule has 126 valence electrons. The van der Waals surface area contributed by atoms with E-state index in [1.165, 1.54) is 0 Å². The molecule has 6 nitrogen and oxygen atoms in total. The van der Waals surface area contributed by atoms with Gasteiger partial charge in [0.05, 0.1) is 11.4 Å². The Bertz CT molecular complexity index is 942. The minimum atomic E-state index is -0.537. The van der Waals surface area contributed by atoms with Gasteiger partial charge in [-0.2, -0.15) is 5.10 Å². The Hall–Kier alpha value is -3.41. The van der Waals surface area contributed by atoms with Crippen molar-refractivity contribution in [3.8, 4) is 5.69 Å². The van der Waals surface area contributed by atoms with Gasteiger partial charge in [-0.3, -0.25) is 9.59 Å². The SMILES string of the molecule is Cc1cc(C)n(-c2ccc(C(=O)Nc3cccc(C(N)=O)c3)cc2)n1. The zero-order valence-corrected chi connectivity index (χ0v) is 14.0. The van der Waals surface area contributed by atoms with Crippen LogP contribution in [0.4, 0.5) is 5.69 Å². The number of carbonyl (C=O) groups excluding carboxylic acids is 2. The quantitative estimate of drug-likeness (QED) is 0.769. The maximum atomic E-state index is 12.4. The summed E-state index contributed by atoms with van der Waals surface area (Å²) in [6, 6.07) is 15.7. The Morgan fingerprint density at radius 1 is 1.00 bits per heavy atom. The summed E-state index contributed by atoms with van der Waals surface area (Å²) in [5.74, 6) is -0.799. The van der Waals surface area contributed by atoms with Crippen molar-refractivity contribution in [1.29, 1.82) is 0 Å². The van der Waals surface area contributed by atoms with Crippen LogP contribution in [0.15, 0.2) is 54.6 Å². The third kappa shape index (κ3) is 3.58. The van der Waals surface area contributed by atoms with Crippen molar-refractivity contribution in [1.82, 2.24) is 9.78 Å². The van der Waals surface area contributed by atoms with Gasteiger partial charge >= 0.3 is 0 Å². The van der Waals surface area contributed by atoms with Crippen LogP contribution in [0.1, 0.15) is 32.1 Å². The van der Waals surface area contributed by atoms with Gasteiger partial charge in [0.1, 0.15) is 0 Å². The molecule has 0 aliphatic rings. The van der Waals surface area contributed by atoms with E-state index in [9.17, 15) is 9.59 Å². The summed E-state index contributed by atoms with van der Waals surface area (Å²) >= 11 is 0. The summed E-state index contributed by atoms with van der Waals surface area (Å²) in [6.45, 7) is 3.91. The molecule has 3 rings (SSSR count). The first-order valence-corrected chi connectivity index (χ1v) is 7.79. The van der Waals surface area contributed by atoms with Crippen LogP contribution in [0.3, 0.4) is 0 Å². The van der Waals surface area contributed by atoms with Crippen molar-refractivity contribution < 1.29 is 9.59 Å². The van der Waals surface area contributed by atoms with Crippen molar-refractivity contribution in [2.45, 2.75) is 13.8 Å². The number of aromatic nitrogens is 2. The molecule has 6 heteroatoms. The third-order valence-electron chi connectivity index (χ3n) is 3.79. The predicted octanol–water partition coefficient (Wildman–Crippen LogP) is 2.84. The summed E-state index contributed by atoms with van der Waals surface area (Å²) in [5, 5.41) is 7.18. The maximum Gasteiger partial charge on any atom is 0.255 e. The lowest BCUT2D eigenvalue weighted by Crippen LogP contribution is -2.14. The predicted molar refractivity (Wildman–Crippen MR) is 96.0 cm³/mol. The van der Waals surface area contributed by atoms with E-state index in [0.29, 0.717) is 16.8 Å². The summed E-state index contributed by atoms with van der Waals surface area (Å²) in [6.07, 6.45) is 0. The summed E-state index contributed by atoms with van der Waals surface area (Å²) in [5.41, 5.74) is 9.47. The van der Waals surface area contributed by atoms with Crippen molar-refractivity contribution in [3.05, 3.63) is 77.1 Å². The standard InChI is InChI=1S/C19H18N4O2/c1-12-10-13(2)23(22-12)17-8-6-14(7-9-17)19(25)21-16-5-3-4-15(11-16)18(20)24/h3-11H,1-2H3,(H2,20,24)(H,21,25). The molecule has 0 atom stereocenters. The fourth-order valence-electron chi connectivity index (χ4n) is 2.60. The summed E-state index contributed by atoms with van der Waals surface area (Å²) in [7, 11) is 0. The molecule has 3 N–H and O–H groups in total. The van der Waals surface area contributed by atoms with Gasteiger partial charge in [0.25, 0.3) is 5.91 Å². The van der Waals surface area contributed by atoms with Crippen LogP contribution in [0.5, 0.6) is 0 Å². The van der Waals surface area contributed by atoms with Crippen LogP contribution in [-0.4, -0.2) is 21.6 Å². The van der Waals surface area contributed by atoms with E-state index in [4.69, 9.17) is 5.73 Å². The van der Waals surface area contributed by atoms with Crippen LogP contribution in [0.25, 0.3) is 5.69 Å². The number of hydrogen-bond donors (Lipinski definition) is 2. The van der Waals surface area contributed by atoms with Crippen LogP contribution in [0, 0.1) is 13.8 Å². The number of carbonyl (C=O) groups is 2. The van der Waals surface area contributed by atoms with Gasteiger partial charge in [0.2, 0.25) is 5.91 Å². The molecule has 3 aromatic rings. The van der Waals surface area contributed by atoms with Gasteiger partial charge in [0.15, 0.2) is 0 Å². The average molecular weight is 334 g/mol. The highest BCUT2D eigenvalue weighted by Crippen LogP contribution is 2.15. The monoisotopic (exact) mass is 334 g/mol. The number of nitrogens with two attached hydrogens (primary N) is 1. The van der Waals surface area contributed by atoms with Crippen molar-refractivity contribution in [2.24, 2.45) is 5.73 Å². The van der Waals surface area contributed by atoms with Gasteiger partial charge in [-0.15, -0.1) is 0 Å². The molecule has 25 heavy (non-hydrogen) atoms. The van der Waals surface area contributed by atoms with Crippen LogP contribution < -0.4 is 11.1 Å². The fourth-order valence-corrected chi connectivity index (χ4v) is 2.60. The number of rotatable bonds is 4. The molecule has 0 bridgehead atoms. The van der Waals surface area contributed by atoms with Gasteiger partial charge in [-0.25, -0.2) is 4.68 Å². The van der Waals surface area contributed by atoms with Gasteiger partial charge in [-0.1, -0.05) is 6.07 Å². The molecule has 0 spiro atoms. The largest absolute Gasteiger partial charge is 0.366 e. The van der Waals surface area contributed by atoms with E-state index in [-0.39, 0.29) is 5.91 Å². The second-order valence-corrected chi connectivity index (χ2v) is 5.78. The lowest BCUT2D eigenvalue weighted by atomic mass is 10.1. The molecule has 0 saturated heterocycles. The van der Waals surface area contributed by atoms with E-state index in [1.807, 2.05) is 36.7 Å². The van der Waals surface area contributed by atoms with E-state index in [0.717, 1.165) is 17.1 Å². The Kier molecular flexibility index (Phi) is 4.35. The molecule has 0 saturated carbocycles. The second-order valence-electron chi connectivity index (χ2n) is 5.78. The van der Waals surface area contributed by atoms with E-state index in [1.54, 1.807) is 36.4 Å². The Balaban J connectivity index is 1.78. The molecule has 0 fully saturated rings. The Labute approximate surface area is 145 Å². The first kappa shape index (κ1) is 16.4. The number of benzene rings is 2. The first-order chi connectivity index (χ1) is 11.9. The molecular formula is C19H18N4O2. The smallest absolute Gasteiger partial charge is 0.255 e. The molecule has 1 aromatic heterocycles. The normalized spacial score (nSPS) is 10.5. The maximum absolute atomic E-state index is 12.4. The Morgan fingerprint density at radius 2 is 1.72 bits per heavy atom. The lowest BCUT2D eigenvalue weighted by Gasteiger charge is -2.08. The number of hydrogen-bond acceptors (Lipinski definition) is 3. The van der Waals surface area contributed by atoms with Gasteiger partial charge < -0.3 is 11.1 Å². The molecular weight excluding hydrogens is 316 g/mol. The number of nitrogens with one attached hydrogen (secondary N) is 1. The number of nitrogens with zero attached hydrogens (tertiary/aromatic N) is 2. The van der Waals surface area contributed by atoms with Gasteiger partial charge in [0, 0.05) is 22.5 Å². The minimum absolute atomic E-state index is 0.262. The molecule has 1 heterocycles. The summed E-state index contributed by atoms with van der Waals surface area (Å²) < 4.78 is 1.83. The van der Waals surface area contributed by atoms with Crippen molar-refractivity contribution >= 4 is 17.5 Å². The zero-order chi connectivity index (χ0) is 18.0. The number of amides is 2. The molecule has 0 unspecified atom stereocenters. The van der Waals surface area contributed by atoms with Crippen molar-refractivity contribution in [2.75, 3.05) is 5.32 Å². The minimum Gasteiger partial charge on any atom is -0.366 e. The number of aryl methyl sites for hydroxylation is 2. The fraction of sp³-hybridized carbons (Fsp3) is 0.105. The molecule has 0 aliphatic heterocycles. The number of primary amides is 1. The van der Waals surface area contributed by atoms with Crippen LogP contribution in [0.2, 0.25) is 0 Å². The molecule has 0 radical (unpaired) electrons. The highest BCUT2D eigenvalue weighted by molar-refractivity contribution is 6.05. The van der Waals surface area contributed by atoms with Crippen LogP contribution >= 0.6 is 0 Å². The Morgan fingerprint density at radius 3 is 2.32 bits per heavy atom. The first-order valence-electron chi connectivity index (χ1n) is 7.79. The lowest BCUT2D eigenvalue weighted by molar-refractivity contribution is 0.0996. The second kappa shape index (κ2) is 6.60. The van der Waals surface area contributed by atoms with E-state index >= 15 is 0 Å². The third-order valence-corrected chi connectivity index (χ3v) is 3.79. The van der Waals surface area contributed by atoms with E-state index in [2.05, 4.69) is 10.4 Å².